The normalized spacial score (nSPS) is 19.2. The zero-order valence-electron chi connectivity index (χ0n) is 13.2. The molecule has 0 radical (unpaired) electrons. The van der Waals surface area contributed by atoms with Crippen molar-refractivity contribution < 1.29 is 9.32 Å². The standard InChI is InChI=1S/C15H26N4O2/c1-11(2)13-7-15(21-18-13)17-14(20)10-19(3)9-12-5-4-6-16-8-12/h7,11-12,16H,4-6,8-10H2,1-3H3,(H,17,20). The topological polar surface area (TPSA) is 70.4 Å². The van der Waals surface area contributed by atoms with Crippen LogP contribution >= 0.6 is 0 Å². The first-order chi connectivity index (χ1) is 10.0. The average molecular weight is 294 g/mol. The van der Waals surface area contributed by atoms with Gasteiger partial charge in [-0.3, -0.25) is 15.0 Å². The van der Waals surface area contributed by atoms with E-state index in [2.05, 4.69) is 20.7 Å². The molecule has 118 valence electrons. The van der Waals surface area contributed by atoms with E-state index in [1.54, 1.807) is 6.07 Å². The number of carbonyl (C=O) groups excluding carboxylic acids is 1. The summed E-state index contributed by atoms with van der Waals surface area (Å²) in [5.41, 5.74) is 0.854. The smallest absolute Gasteiger partial charge is 0.240 e. The minimum Gasteiger partial charge on any atom is -0.338 e. The predicted octanol–water partition coefficient (Wildman–Crippen LogP) is 1.67. The number of likely N-dealkylation sites (N-methyl/N-ethyl adjacent to an activating group) is 1. The van der Waals surface area contributed by atoms with Gasteiger partial charge in [0.15, 0.2) is 0 Å². The molecule has 1 aliphatic heterocycles. The van der Waals surface area contributed by atoms with E-state index >= 15 is 0 Å². The highest BCUT2D eigenvalue weighted by Crippen LogP contribution is 2.17. The molecule has 2 heterocycles. The van der Waals surface area contributed by atoms with E-state index in [0.29, 0.717) is 24.3 Å². The molecule has 1 aliphatic rings. The van der Waals surface area contributed by atoms with Crippen LogP contribution in [-0.2, 0) is 4.79 Å². The molecule has 1 atom stereocenters. The van der Waals surface area contributed by atoms with Crippen LogP contribution in [0, 0.1) is 5.92 Å². The Bertz CT molecular complexity index is 452. The van der Waals surface area contributed by atoms with Crippen LogP contribution in [0.25, 0.3) is 0 Å². The van der Waals surface area contributed by atoms with Crippen LogP contribution in [0.15, 0.2) is 10.6 Å². The van der Waals surface area contributed by atoms with Gasteiger partial charge in [0.05, 0.1) is 12.2 Å². The second-order valence-electron chi connectivity index (χ2n) is 6.23. The van der Waals surface area contributed by atoms with Crippen molar-refractivity contribution in [2.75, 3.05) is 38.5 Å². The quantitative estimate of drug-likeness (QED) is 0.835. The lowest BCUT2D eigenvalue weighted by Gasteiger charge is -2.27. The fraction of sp³-hybridized carbons (Fsp3) is 0.733. The summed E-state index contributed by atoms with van der Waals surface area (Å²) < 4.78 is 5.12. The number of amides is 1. The second-order valence-corrected chi connectivity index (χ2v) is 6.23. The van der Waals surface area contributed by atoms with Crippen molar-refractivity contribution in [1.82, 2.24) is 15.4 Å². The number of nitrogens with one attached hydrogen (secondary N) is 2. The molecule has 1 fully saturated rings. The number of anilines is 1. The van der Waals surface area contributed by atoms with E-state index in [4.69, 9.17) is 4.52 Å². The summed E-state index contributed by atoms with van der Waals surface area (Å²) in [6.07, 6.45) is 2.46. The van der Waals surface area contributed by atoms with Crippen LogP contribution in [0.1, 0.15) is 38.3 Å². The summed E-state index contributed by atoms with van der Waals surface area (Å²) in [4.78, 5) is 14.0. The molecule has 1 saturated heterocycles. The second kappa shape index (κ2) is 7.56. The molecule has 1 aromatic rings. The van der Waals surface area contributed by atoms with Crippen LogP contribution in [0.4, 0.5) is 5.88 Å². The summed E-state index contributed by atoms with van der Waals surface area (Å²) in [5, 5.41) is 10.1. The van der Waals surface area contributed by atoms with Gasteiger partial charge in [-0.05, 0) is 44.8 Å². The Morgan fingerprint density at radius 2 is 2.43 bits per heavy atom. The number of rotatable bonds is 6. The van der Waals surface area contributed by atoms with Crippen molar-refractivity contribution >= 4 is 11.8 Å². The van der Waals surface area contributed by atoms with Crippen LogP contribution < -0.4 is 10.6 Å². The molecule has 0 bridgehead atoms. The van der Waals surface area contributed by atoms with Gasteiger partial charge in [0.2, 0.25) is 11.8 Å². The highest BCUT2D eigenvalue weighted by molar-refractivity contribution is 5.90. The Morgan fingerprint density at radius 3 is 3.05 bits per heavy atom. The van der Waals surface area contributed by atoms with Crippen molar-refractivity contribution in [2.24, 2.45) is 5.92 Å². The lowest BCUT2D eigenvalue weighted by atomic mass is 9.99. The maximum absolute atomic E-state index is 12.0. The monoisotopic (exact) mass is 294 g/mol. The van der Waals surface area contributed by atoms with Crippen LogP contribution in [0.3, 0.4) is 0 Å². The molecule has 21 heavy (non-hydrogen) atoms. The van der Waals surface area contributed by atoms with Crippen LogP contribution in [0.2, 0.25) is 0 Å². The third-order valence-electron chi connectivity index (χ3n) is 3.76. The Balaban J connectivity index is 1.74. The van der Waals surface area contributed by atoms with Gasteiger partial charge in [-0.2, -0.15) is 0 Å². The minimum absolute atomic E-state index is 0.0623. The molecule has 2 N–H and O–H groups in total. The SMILES string of the molecule is CC(C)c1cc(NC(=O)CN(C)CC2CCCNC2)on1. The van der Waals surface area contributed by atoms with Gasteiger partial charge >= 0.3 is 0 Å². The van der Waals surface area contributed by atoms with Gasteiger partial charge in [-0.1, -0.05) is 19.0 Å². The van der Waals surface area contributed by atoms with Gasteiger partial charge in [0.1, 0.15) is 0 Å². The molecule has 0 saturated carbocycles. The van der Waals surface area contributed by atoms with Gasteiger partial charge < -0.3 is 9.84 Å². The van der Waals surface area contributed by atoms with Crippen LogP contribution in [0.5, 0.6) is 0 Å². The lowest BCUT2D eigenvalue weighted by Crippen LogP contribution is -2.39. The third kappa shape index (κ3) is 5.13. The number of nitrogens with zero attached hydrogens (tertiary/aromatic N) is 2. The number of piperidine rings is 1. The minimum atomic E-state index is -0.0623. The first-order valence-corrected chi connectivity index (χ1v) is 7.70. The molecule has 0 aliphatic carbocycles. The molecule has 1 unspecified atom stereocenters. The van der Waals surface area contributed by atoms with Gasteiger partial charge in [-0.15, -0.1) is 0 Å². The Kier molecular flexibility index (Phi) is 5.76. The van der Waals surface area contributed by atoms with Gasteiger partial charge in [-0.25, -0.2) is 0 Å². The van der Waals surface area contributed by atoms with E-state index in [-0.39, 0.29) is 5.91 Å². The molecule has 0 aromatic carbocycles. The van der Waals surface area contributed by atoms with Crippen molar-refractivity contribution in [1.29, 1.82) is 0 Å². The maximum atomic E-state index is 12.0. The summed E-state index contributed by atoms with van der Waals surface area (Å²) in [7, 11) is 1.98. The Hall–Kier alpha value is -1.40. The molecule has 1 aromatic heterocycles. The first-order valence-electron chi connectivity index (χ1n) is 7.70. The van der Waals surface area contributed by atoms with E-state index < -0.39 is 0 Å². The number of hydrogen-bond donors (Lipinski definition) is 2. The molecular formula is C15H26N4O2. The highest BCUT2D eigenvalue weighted by atomic mass is 16.5. The molecule has 1 amide bonds. The van der Waals surface area contributed by atoms with Gasteiger partial charge in [0.25, 0.3) is 0 Å². The van der Waals surface area contributed by atoms with E-state index in [1.165, 1.54) is 12.8 Å². The highest BCUT2D eigenvalue weighted by Gasteiger charge is 2.17. The zero-order valence-corrected chi connectivity index (χ0v) is 13.2. The Morgan fingerprint density at radius 1 is 1.62 bits per heavy atom. The number of aromatic nitrogens is 1. The van der Waals surface area contributed by atoms with Crippen molar-refractivity contribution in [3.05, 3.63) is 11.8 Å². The van der Waals surface area contributed by atoms with Crippen molar-refractivity contribution in [3.8, 4) is 0 Å². The first kappa shape index (κ1) is 16.0. The van der Waals surface area contributed by atoms with E-state index in [0.717, 1.165) is 25.3 Å². The summed E-state index contributed by atoms with van der Waals surface area (Å²) in [6, 6.07) is 1.79. The number of carbonyl (C=O) groups is 1. The molecule has 6 nitrogen and oxygen atoms in total. The van der Waals surface area contributed by atoms with E-state index in [9.17, 15) is 4.79 Å². The number of hydrogen-bond acceptors (Lipinski definition) is 5. The van der Waals surface area contributed by atoms with Crippen molar-refractivity contribution in [2.45, 2.75) is 32.6 Å². The van der Waals surface area contributed by atoms with Crippen LogP contribution in [-0.4, -0.2) is 49.2 Å². The molecule has 2 rings (SSSR count). The summed E-state index contributed by atoms with van der Waals surface area (Å²) >= 11 is 0. The fourth-order valence-corrected chi connectivity index (χ4v) is 2.63. The summed E-state index contributed by atoms with van der Waals surface area (Å²) in [5.74, 6) is 1.29. The van der Waals surface area contributed by atoms with Gasteiger partial charge in [0, 0.05) is 12.6 Å². The predicted molar refractivity (Wildman–Crippen MR) is 82.3 cm³/mol. The molecular weight excluding hydrogens is 268 g/mol. The lowest BCUT2D eigenvalue weighted by molar-refractivity contribution is -0.117. The fourth-order valence-electron chi connectivity index (χ4n) is 2.63. The average Bonchev–Trinajstić information content (AvgIpc) is 2.88. The van der Waals surface area contributed by atoms with E-state index in [1.807, 2.05) is 20.9 Å². The maximum Gasteiger partial charge on any atom is 0.240 e. The third-order valence-corrected chi connectivity index (χ3v) is 3.76. The summed E-state index contributed by atoms with van der Waals surface area (Å²) in [6.45, 7) is 7.54. The molecule has 6 heteroatoms. The zero-order chi connectivity index (χ0) is 15.2. The Labute approximate surface area is 126 Å². The largest absolute Gasteiger partial charge is 0.338 e. The molecule has 0 spiro atoms. The van der Waals surface area contributed by atoms with Crippen molar-refractivity contribution in [3.63, 3.8) is 0 Å².